The summed E-state index contributed by atoms with van der Waals surface area (Å²) in [5.74, 6) is 2.01. The summed E-state index contributed by atoms with van der Waals surface area (Å²) in [6, 6.07) is 4.36. The zero-order valence-corrected chi connectivity index (χ0v) is 13.2. The molecule has 0 heterocycles. The van der Waals surface area contributed by atoms with Crippen LogP contribution in [0.2, 0.25) is 0 Å². The van der Waals surface area contributed by atoms with Crippen molar-refractivity contribution < 1.29 is 9.47 Å². The van der Waals surface area contributed by atoms with Crippen LogP contribution in [0.15, 0.2) is 12.1 Å². The third-order valence-corrected chi connectivity index (χ3v) is 3.41. The molecule has 0 aliphatic heterocycles. The molecule has 0 atom stereocenters. The maximum atomic E-state index is 5.82. The lowest BCUT2D eigenvalue weighted by Gasteiger charge is -2.19. The Bertz CT molecular complexity index is 365. The Labute approximate surface area is 118 Å². The van der Waals surface area contributed by atoms with Gasteiger partial charge in [0.1, 0.15) is 12.4 Å². The van der Waals surface area contributed by atoms with Gasteiger partial charge in [-0.25, -0.2) is 0 Å². The summed E-state index contributed by atoms with van der Waals surface area (Å²) in [5.41, 5.74) is 4.18. The van der Waals surface area contributed by atoms with Crippen LogP contribution in [-0.4, -0.2) is 19.8 Å². The maximum absolute atomic E-state index is 5.82. The van der Waals surface area contributed by atoms with Crippen molar-refractivity contribution in [2.75, 3.05) is 19.8 Å². The van der Waals surface area contributed by atoms with E-state index >= 15 is 0 Å². The van der Waals surface area contributed by atoms with Crippen molar-refractivity contribution in [1.29, 1.82) is 0 Å². The van der Waals surface area contributed by atoms with Crippen molar-refractivity contribution in [3.05, 3.63) is 28.8 Å². The Kier molecular flexibility index (Phi) is 6.36. The SMILES string of the molecule is CCOCCOc1cc(C(C)C)c(C)c(C(C)C)c1. The molecule has 0 amide bonds. The van der Waals surface area contributed by atoms with Gasteiger partial charge in [0.2, 0.25) is 0 Å². The Morgan fingerprint density at radius 1 is 0.947 bits per heavy atom. The van der Waals surface area contributed by atoms with E-state index in [1.54, 1.807) is 0 Å². The number of rotatable bonds is 7. The summed E-state index contributed by atoms with van der Waals surface area (Å²) >= 11 is 0. The summed E-state index contributed by atoms with van der Waals surface area (Å²) in [7, 11) is 0. The van der Waals surface area contributed by atoms with Crippen molar-refractivity contribution in [3.63, 3.8) is 0 Å². The van der Waals surface area contributed by atoms with Crippen LogP contribution in [0.4, 0.5) is 0 Å². The van der Waals surface area contributed by atoms with Gasteiger partial charge in [-0.3, -0.25) is 0 Å². The van der Waals surface area contributed by atoms with Crippen LogP contribution >= 0.6 is 0 Å². The average Bonchev–Trinajstić information content (AvgIpc) is 2.35. The molecule has 0 bridgehead atoms. The molecule has 19 heavy (non-hydrogen) atoms. The minimum atomic E-state index is 0.521. The van der Waals surface area contributed by atoms with Crippen molar-refractivity contribution in [2.45, 2.75) is 53.4 Å². The van der Waals surface area contributed by atoms with Gasteiger partial charge in [-0.05, 0) is 54.5 Å². The average molecular weight is 264 g/mol. The molecule has 108 valence electrons. The smallest absolute Gasteiger partial charge is 0.120 e. The van der Waals surface area contributed by atoms with Gasteiger partial charge in [0.25, 0.3) is 0 Å². The molecular weight excluding hydrogens is 236 g/mol. The minimum Gasteiger partial charge on any atom is -0.491 e. The summed E-state index contributed by atoms with van der Waals surface area (Å²) in [4.78, 5) is 0. The van der Waals surface area contributed by atoms with E-state index in [-0.39, 0.29) is 0 Å². The fourth-order valence-electron chi connectivity index (χ4n) is 2.38. The molecule has 0 saturated heterocycles. The third kappa shape index (κ3) is 4.54. The quantitative estimate of drug-likeness (QED) is 0.667. The zero-order chi connectivity index (χ0) is 14.4. The van der Waals surface area contributed by atoms with E-state index in [1.165, 1.54) is 16.7 Å². The highest BCUT2D eigenvalue weighted by molar-refractivity contribution is 5.44. The first-order chi connectivity index (χ1) is 8.97. The summed E-state index contributed by atoms with van der Waals surface area (Å²) < 4.78 is 11.1. The molecule has 1 aromatic rings. The highest BCUT2D eigenvalue weighted by atomic mass is 16.5. The van der Waals surface area contributed by atoms with Crippen LogP contribution in [0, 0.1) is 6.92 Å². The molecule has 1 aromatic carbocycles. The summed E-state index contributed by atoms with van der Waals surface area (Å²) in [6.07, 6.45) is 0. The second kappa shape index (κ2) is 7.54. The maximum Gasteiger partial charge on any atom is 0.120 e. The largest absolute Gasteiger partial charge is 0.491 e. The molecule has 0 aliphatic carbocycles. The van der Waals surface area contributed by atoms with Gasteiger partial charge in [-0.2, -0.15) is 0 Å². The van der Waals surface area contributed by atoms with Crippen LogP contribution in [-0.2, 0) is 4.74 Å². The lowest BCUT2D eigenvalue weighted by molar-refractivity contribution is 0.110. The molecule has 2 nitrogen and oxygen atoms in total. The Morgan fingerprint density at radius 3 is 1.89 bits per heavy atom. The van der Waals surface area contributed by atoms with E-state index in [0.717, 1.165) is 12.4 Å². The Hall–Kier alpha value is -1.02. The van der Waals surface area contributed by atoms with Crippen LogP contribution in [0.5, 0.6) is 5.75 Å². The highest BCUT2D eigenvalue weighted by Crippen LogP contribution is 2.31. The van der Waals surface area contributed by atoms with Gasteiger partial charge in [0.05, 0.1) is 6.61 Å². The molecule has 0 saturated carbocycles. The Morgan fingerprint density at radius 2 is 1.47 bits per heavy atom. The molecule has 1 rings (SSSR count). The van der Waals surface area contributed by atoms with Crippen molar-refractivity contribution in [3.8, 4) is 5.75 Å². The first-order valence-corrected chi connectivity index (χ1v) is 7.32. The van der Waals surface area contributed by atoms with E-state index in [9.17, 15) is 0 Å². The predicted molar refractivity (Wildman–Crippen MR) is 81.3 cm³/mol. The standard InChI is InChI=1S/C17H28O2/c1-7-18-8-9-19-15-10-16(12(2)3)14(6)17(11-15)13(4)5/h10-13H,7-9H2,1-6H3. The molecule has 0 radical (unpaired) electrons. The van der Waals surface area contributed by atoms with E-state index < -0.39 is 0 Å². The second-order valence-corrected chi connectivity index (χ2v) is 5.58. The van der Waals surface area contributed by atoms with Gasteiger partial charge in [0.15, 0.2) is 0 Å². The minimum absolute atomic E-state index is 0.521. The van der Waals surface area contributed by atoms with E-state index in [2.05, 4.69) is 46.8 Å². The van der Waals surface area contributed by atoms with Crippen molar-refractivity contribution in [1.82, 2.24) is 0 Å². The van der Waals surface area contributed by atoms with Crippen LogP contribution in [0.25, 0.3) is 0 Å². The lowest BCUT2D eigenvalue weighted by Crippen LogP contribution is -2.08. The molecule has 0 spiro atoms. The zero-order valence-electron chi connectivity index (χ0n) is 13.2. The molecular formula is C17H28O2. The van der Waals surface area contributed by atoms with Crippen LogP contribution < -0.4 is 4.74 Å². The number of benzene rings is 1. The van der Waals surface area contributed by atoms with Gasteiger partial charge >= 0.3 is 0 Å². The van der Waals surface area contributed by atoms with Gasteiger partial charge in [-0.1, -0.05) is 27.7 Å². The lowest BCUT2D eigenvalue weighted by atomic mass is 9.89. The first-order valence-electron chi connectivity index (χ1n) is 7.32. The third-order valence-electron chi connectivity index (χ3n) is 3.41. The number of hydrogen-bond donors (Lipinski definition) is 0. The fourth-order valence-corrected chi connectivity index (χ4v) is 2.38. The van der Waals surface area contributed by atoms with Crippen molar-refractivity contribution >= 4 is 0 Å². The van der Waals surface area contributed by atoms with Crippen LogP contribution in [0.3, 0.4) is 0 Å². The molecule has 0 aliphatic rings. The molecule has 0 N–H and O–H groups in total. The predicted octanol–water partition coefficient (Wildman–Crippen LogP) is 4.66. The molecule has 2 heteroatoms. The van der Waals surface area contributed by atoms with Gasteiger partial charge < -0.3 is 9.47 Å². The van der Waals surface area contributed by atoms with Gasteiger partial charge in [0, 0.05) is 6.61 Å². The topological polar surface area (TPSA) is 18.5 Å². The molecule has 0 fully saturated rings. The normalized spacial score (nSPS) is 11.4. The van der Waals surface area contributed by atoms with Crippen molar-refractivity contribution in [2.24, 2.45) is 0 Å². The monoisotopic (exact) mass is 264 g/mol. The number of ether oxygens (including phenoxy) is 2. The van der Waals surface area contributed by atoms with Gasteiger partial charge in [-0.15, -0.1) is 0 Å². The molecule has 0 unspecified atom stereocenters. The second-order valence-electron chi connectivity index (χ2n) is 5.58. The highest BCUT2D eigenvalue weighted by Gasteiger charge is 2.13. The summed E-state index contributed by atoms with van der Waals surface area (Å²) in [5, 5.41) is 0. The number of hydrogen-bond acceptors (Lipinski definition) is 2. The summed E-state index contributed by atoms with van der Waals surface area (Å²) in [6.45, 7) is 15.2. The van der Waals surface area contributed by atoms with Crippen LogP contribution in [0.1, 0.15) is 63.1 Å². The first kappa shape index (κ1) is 16.0. The van der Waals surface area contributed by atoms with E-state index in [0.29, 0.717) is 25.0 Å². The Balaban J connectivity index is 2.92. The molecule has 0 aromatic heterocycles. The van der Waals surface area contributed by atoms with E-state index in [4.69, 9.17) is 9.47 Å². The van der Waals surface area contributed by atoms with E-state index in [1.807, 2.05) is 6.92 Å². The fraction of sp³-hybridized carbons (Fsp3) is 0.647.